The number of nitrogens with one attached hydrogen (secondary N) is 2. The average molecular weight is 268 g/mol. The summed E-state index contributed by atoms with van der Waals surface area (Å²) in [4.78, 5) is 36.5. The Kier molecular flexibility index (Phi) is 4.31. The minimum absolute atomic E-state index is 0.198. The van der Waals surface area contributed by atoms with E-state index in [0.717, 1.165) is 7.11 Å². The van der Waals surface area contributed by atoms with Gasteiger partial charge in [0.05, 0.1) is 12.8 Å². The highest BCUT2D eigenvalue weighted by atomic mass is 16.6. The van der Waals surface area contributed by atoms with Crippen LogP contribution in [0.5, 0.6) is 0 Å². The number of hydrogen-bond donors (Lipinski definition) is 2. The molecule has 2 N–H and O–H groups in total. The number of hydrogen-bond acceptors (Lipinski definition) is 5. The molecule has 0 aliphatic rings. The predicted molar refractivity (Wildman–Crippen MR) is 68.3 cm³/mol. The van der Waals surface area contributed by atoms with E-state index in [1.807, 2.05) is 0 Å². The molecular formula is C12H16N2O5. The Bertz CT molecular complexity index is 542. The Labute approximate surface area is 109 Å². The summed E-state index contributed by atoms with van der Waals surface area (Å²) in [6, 6.07) is 1.22. The molecule has 0 fully saturated rings. The minimum Gasteiger partial charge on any atom is -0.465 e. The molecule has 1 amide bonds. The molecule has 0 bridgehead atoms. The second-order valence-corrected chi connectivity index (χ2v) is 4.75. The molecule has 19 heavy (non-hydrogen) atoms. The first kappa shape index (κ1) is 14.7. The third-order valence-electron chi connectivity index (χ3n) is 1.95. The van der Waals surface area contributed by atoms with E-state index in [1.54, 1.807) is 20.8 Å². The van der Waals surface area contributed by atoms with E-state index in [0.29, 0.717) is 0 Å². The maximum absolute atomic E-state index is 11.5. The van der Waals surface area contributed by atoms with E-state index >= 15 is 0 Å². The van der Waals surface area contributed by atoms with Gasteiger partial charge in [-0.05, 0) is 26.8 Å². The fourth-order valence-corrected chi connectivity index (χ4v) is 1.24. The molecule has 0 aromatic carbocycles. The zero-order valence-electron chi connectivity index (χ0n) is 11.2. The fourth-order valence-electron chi connectivity index (χ4n) is 1.24. The van der Waals surface area contributed by atoms with Gasteiger partial charge in [0, 0.05) is 6.20 Å². The van der Waals surface area contributed by atoms with E-state index in [1.165, 1.54) is 12.3 Å². The third-order valence-corrected chi connectivity index (χ3v) is 1.95. The van der Waals surface area contributed by atoms with Crippen LogP contribution in [0.15, 0.2) is 17.1 Å². The number of esters is 1. The Morgan fingerprint density at radius 1 is 1.32 bits per heavy atom. The van der Waals surface area contributed by atoms with Crippen LogP contribution in [0.3, 0.4) is 0 Å². The summed E-state index contributed by atoms with van der Waals surface area (Å²) in [5, 5.41) is 2.41. The fraction of sp³-hybridized carbons (Fsp3) is 0.417. The van der Waals surface area contributed by atoms with E-state index < -0.39 is 23.2 Å². The minimum atomic E-state index is -0.783. The molecule has 7 nitrogen and oxygen atoms in total. The monoisotopic (exact) mass is 268 g/mol. The van der Waals surface area contributed by atoms with Gasteiger partial charge in [-0.2, -0.15) is 0 Å². The quantitative estimate of drug-likeness (QED) is 0.792. The maximum atomic E-state index is 11.5. The first-order chi connectivity index (χ1) is 8.73. The lowest BCUT2D eigenvalue weighted by atomic mass is 10.2. The molecule has 0 aliphatic heterocycles. The lowest BCUT2D eigenvalue weighted by molar-refractivity contribution is 0.0594. The summed E-state index contributed by atoms with van der Waals surface area (Å²) in [6.07, 6.45) is 0.578. The predicted octanol–water partition coefficient (Wildman–Crippen LogP) is 1.51. The van der Waals surface area contributed by atoms with E-state index in [4.69, 9.17) is 4.74 Å². The van der Waals surface area contributed by atoms with Gasteiger partial charge in [-0.3, -0.25) is 10.1 Å². The molecule has 0 spiro atoms. The van der Waals surface area contributed by atoms with Gasteiger partial charge in [-0.25, -0.2) is 9.59 Å². The van der Waals surface area contributed by atoms with Crippen LogP contribution in [0, 0.1) is 0 Å². The summed E-state index contributed by atoms with van der Waals surface area (Å²) in [7, 11) is 1.16. The number of aromatic amines is 1. The van der Waals surface area contributed by atoms with Crippen LogP contribution in [0.25, 0.3) is 0 Å². The number of H-pyrrole nitrogens is 1. The molecule has 104 valence electrons. The summed E-state index contributed by atoms with van der Waals surface area (Å²) in [5.41, 5.74) is -1.20. The molecular weight excluding hydrogens is 252 g/mol. The maximum Gasteiger partial charge on any atom is 0.412 e. The van der Waals surface area contributed by atoms with Gasteiger partial charge in [0.25, 0.3) is 5.56 Å². The van der Waals surface area contributed by atoms with Crippen LogP contribution in [-0.4, -0.2) is 29.8 Å². The van der Waals surface area contributed by atoms with Crippen molar-refractivity contribution in [1.82, 2.24) is 4.98 Å². The Balaban J connectivity index is 2.89. The SMILES string of the molecule is COC(=O)c1cc(NC(=O)OC(C)(C)C)c[nH]c1=O. The average Bonchev–Trinajstić information content (AvgIpc) is 2.28. The molecule has 0 atom stereocenters. The summed E-state index contributed by atoms with van der Waals surface area (Å²) >= 11 is 0. The Morgan fingerprint density at radius 3 is 2.47 bits per heavy atom. The standard InChI is InChI=1S/C12H16N2O5/c1-12(2,3)19-11(17)14-7-5-8(10(16)18-4)9(15)13-6-7/h5-6H,1-4H3,(H,13,15)(H,14,17). The van der Waals surface area contributed by atoms with Crippen molar-refractivity contribution in [2.75, 3.05) is 12.4 Å². The number of rotatable bonds is 2. The van der Waals surface area contributed by atoms with Crippen molar-refractivity contribution in [3.05, 3.63) is 28.2 Å². The molecule has 0 aliphatic carbocycles. The number of anilines is 1. The molecule has 0 radical (unpaired) electrons. The first-order valence-corrected chi connectivity index (χ1v) is 5.54. The van der Waals surface area contributed by atoms with Crippen molar-refractivity contribution >= 4 is 17.7 Å². The molecule has 1 aromatic heterocycles. The van der Waals surface area contributed by atoms with Crippen LogP contribution in [-0.2, 0) is 9.47 Å². The molecule has 1 heterocycles. The van der Waals surface area contributed by atoms with Crippen molar-refractivity contribution < 1.29 is 19.1 Å². The Morgan fingerprint density at radius 2 is 1.95 bits per heavy atom. The van der Waals surface area contributed by atoms with Crippen LogP contribution in [0.4, 0.5) is 10.5 Å². The number of carbonyl (C=O) groups excluding carboxylic acids is 2. The highest BCUT2D eigenvalue weighted by molar-refractivity contribution is 5.91. The van der Waals surface area contributed by atoms with Gasteiger partial charge >= 0.3 is 12.1 Å². The van der Waals surface area contributed by atoms with Crippen molar-refractivity contribution in [3.63, 3.8) is 0 Å². The number of pyridine rings is 1. The molecule has 1 rings (SSSR count). The van der Waals surface area contributed by atoms with E-state index in [-0.39, 0.29) is 11.3 Å². The topological polar surface area (TPSA) is 97.5 Å². The summed E-state index contributed by atoms with van der Waals surface area (Å²) < 4.78 is 9.50. The van der Waals surface area contributed by atoms with Crippen molar-refractivity contribution in [3.8, 4) is 0 Å². The lowest BCUT2D eigenvalue weighted by Gasteiger charge is -2.19. The smallest absolute Gasteiger partial charge is 0.412 e. The number of ether oxygens (including phenoxy) is 2. The van der Waals surface area contributed by atoms with Crippen LogP contribution in [0.1, 0.15) is 31.1 Å². The number of carbonyl (C=O) groups is 2. The van der Waals surface area contributed by atoms with Gasteiger partial charge in [-0.15, -0.1) is 0 Å². The Hall–Kier alpha value is -2.31. The van der Waals surface area contributed by atoms with E-state index in [9.17, 15) is 14.4 Å². The van der Waals surface area contributed by atoms with Crippen LogP contribution < -0.4 is 10.9 Å². The summed E-state index contributed by atoms with van der Waals surface area (Å²) in [6.45, 7) is 5.16. The van der Waals surface area contributed by atoms with Gasteiger partial charge in [-0.1, -0.05) is 0 Å². The number of amides is 1. The van der Waals surface area contributed by atoms with Crippen LogP contribution >= 0.6 is 0 Å². The highest BCUT2D eigenvalue weighted by Crippen LogP contribution is 2.11. The summed E-state index contributed by atoms with van der Waals surface area (Å²) in [5.74, 6) is -0.783. The zero-order chi connectivity index (χ0) is 14.6. The third kappa shape index (κ3) is 4.46. The second-order valence-electron chi connectivity index (χ2n) is 4.75. The molecule has 1 aromatic rings. The van der Waals surface area contributed by atoms with Gasteiger partial charge in [0.2, 0.25) is 0 Å². The van der Waals surface area contributed by atoms with Crippen LogP contribution in [0.2, 0.25) is 0 Å². The zero-order valence-corrected chi connectivity index (χ0v) is 11.2. The second kappa shape index (κ2) is 5.55. The number of methoxy groups -OCH3 is 1. The van der Waals surface area contributed by atoms with Crippen molar-refractivity contribution in [1.29, 1.82) is 0 Å². The molecule has 0 saturated carbocycles. The van der Waals surface area contributed by atoms with Crippen molar-refractivity contribution in [2.45, 2.75) is 26.4 Å². The van der Waals surface area contributed by atoms with Gasteiger partial charge < -0.3 is 14.5 Å². The van der Waals surface area contributed by atoms with Gasteiger partial charge in [0.15, 0.2) is 0 Å². The highest BCUT2D eigenvalue weighted by Gasteiger charge is 2.17. The normalized spacial score (nSPS) is 10.7. The largest absolute Gasteiger partial charge is 0.465 e. The first-order valence-electron chi connectivity index (χ1n) is 5.54. The molecule has 0 saturated heterocycles. The van der Waals surface area contributed by atoms with Crippen molar-refractivity contribution in [2.24, 2.45) is 0 Å². The molecule has 0 unspecified atom stereocenters. The molecule has 7 heteroatoms. The lowest BCUT2D eigenvalue weighted by Crippen LogP contribution is -2.28. The number of aromatic nitrogens is 1. The van der Waals surface area contributed by atoms with E-state index in [2.05, 4.69) is 15.0 Å². The van der Waals surface area contributed by atoms with Gasteiger partial charge in [0.1, 0.15) is 11.2 Å².